The van der Waals surface area contributed by atoms with Crippen LogP contribution < -0.4 is 10.6 Å². The molecule has 2 heterocycles. The van der Waals surface area contributed by atoms with Crippen LogP contribution in [0.25, 0.3) is 5.78 Å². The van der Waals surface area contributed by atoms with Crippen molar-refractivity contribution >= 4 is 17.4 Å². The predicted molar refractivity (Wildman–Crippen MR) is 99.0 cm³/mol. The first kappa shape index (κ1) is 17.0. The van der Waals surface area contributed by atoms with Crippen LogP contribution in [0.5, 0.6) is 0 Å². The van der Waals surface area contributed by atoms with Gasteiger partial charge < -0.3 is 10.6 Å². The summed E-state index contributed by atoms with van der Waals surface area (Å²) in [5, 5.41) is 6.20. The van der Waals surface area contributed by atoms with Crippen molar-refractivity contribution in [3.8, 4) is 0 Å². The lowest BCUT2D eigenvalue weighted by molar-refractivity contribution is 0.0956. The second-order valence-electron chi connectivity index (χ2n) is 6.18. The second-order valence-corrected chi connectivity index (χ2v) is 6.18. The van der Waals surface area contributed by atoms with E-state index in [-0.39, 0.29) is 5.91 Å². The zero-order valence-corrected chi connectivity index (χ0v) is 15.1. The van der Waals surface area contributed by atoms with Gasteiger partial charge in [-0.25, -0.2) is 9.97 Å². The predicted octanol–water partition coefficient (Wildman–Crippen LogP) is 3.02. The van der Waals surface area contributed by atoms with Crippen molar-refractivity contribution in [2.24, 2.45) is 0 Å². The Balaban J connectivity index is 1.75. The van der Waals surface area contributed by atoms with E-state index in [4.69, 9.17) is 0 Å². The van der Waals surface area contributed by atoms with Gasteiger partial charge in [-0.15, -0.1) is 0 Å². The summed E-state index contributed by atoms with van der Waals surface area (Å²) < 4.78 is 2.00. The minimum Gasteiger partial charge on any atom is -0.379 e. The highest BCUT2D eigenvalue weighted by Crippen LogP contribution is 2.18. The third-order valence-electron chi connectivity index (χ3n) is 4.10. The van der Waals surface area contributed by atoms with Crippen LogP contribution >= 0.6 is 0 Å². The van der Waals surface area contributed by atoms with E-state index in [1.807, 2.05) is 62.6 Å². The number of hydrogen-bond acceptors (Lipinski definition) is 4. The van der Waals surface area contributed by atoms with E-state index in [0.29, 0.717) is 18.7 Å². The molecule has 3 rings (SSSR count). The topological polar surface area (TPSA) is 71.3 Å². The molecule has 0 bridgehead atoms. The minimum atomic E-state index is -0.0468. The van der Waals surface area contributed by atoms with Crippen molar-refractivity contribution < 1.29 is 4.79 Å². The maximum atomic E-state index is 11.9. The number of aromatic nitrogens is 3. The highest BCUT2D eigenvalue weighted by atomic mass is 16.1. The fourth-order valence-corrected chi connectivity index (χ4v) is 2.86. The van der Waals surface area contributed by atoms with Crippen LogP contribution in [0.4, 0.5) is 5.69 Å². The van der Waals surface area contributed by atoms with Gasteiger partial charge in [-0.05, 0) is 57.5 Å². The van der Waals surface area contributed by atoms with Crippen molar-refractivity contribution in [1.29, 1.82) is 0 Å². The summed E-state index contributed by atoms with van der Waals surface area (Å²) in [6.45, 7) is 9.14. The van der Waals surface area contributed by atoms with E-state index in [1.54, 1.807) is 0 Å². The number of benzene rings is 1. The summed E-state index contributed by atoms with van der Waals surface area (Å²) in [5.74, 6) is 0.673. The van der Waals surface area contributed by atoms with Gasteiger partial charge in [0.15, 0.2) is 0 Å². The molecule has 0 fully saturated rings. The first-order valence-corrected chi connectivity index (χ1v) is 8.43. The molecule has 0 atom stereocenters. The van der Waals surface area contributed by atoms with Crippen molar-refractivity contribution in [3.05, 3.63) is 58.7 Å². The van der Waals surface area contributed by atoms with Crippen molar-refractivity contribution in [1.82, 2.24) is 19.7 Å². The summed E-state index contributed by atoms with van der Waals surface area (Å²) in [5.41, 5.74) is 5.69. The van der Waals surface area contributed by atoms with Crippen molar-refractivity contribution in [3.63, 3.8) is 0 Å². The Morgan fingerprint density at radius 2 is 1.96 bits per heavy atom. The van der Waals surface area contributed by atoms with E-state index < -0.39 is 0 Å². The van der Waals surface area contributed by atoms with E-state index in [0.717, 1.165) is 34.1 Å². The third kappa shape index (κ3) is 3.63. The Hall–Kier alpha value is -2.89. The summed E-state index contributed by atoms with van der Waals surface area (Å²) in [6.07, 6.45) is 2.00. The number of rotatable bonds is 5. The molecule has 1 amide bonds. The molecule has 2 aromatic heterocycles. The standard InChI is InChI=1S/C19H23N5O/c1-5-20-18(25)15-6-7-17(12(2)8-15)21-10-16-11-24-14(4)9-13(3)22-19(24)23-16/h6-9,11,21H,5,10H2,1-4H3,(H,20,25). The number of nitrogens with zero attached hydrogens (tertiary/aromatic N) is 3. The van der Waals surface area contributed by atoms with Gasteiger partial charge in [0, 0.05) is 35.4 Å². The van der Waals surface area contributed by atoms with Gasteiger partial charge in [-0.1, -0.05) is 0 Å². The number of carbonyl (C=O) groups is 1. The maximum absolute atomic E-state index is 11.9. The van der Waals surface area contributed by atoms with Gasteiger partial charge in [-0.3, -0.25) is 9.20 Å². The normalized spacial score (nSPS) is 10.9. The molecule has 6 heteroatoms. The molecule has 0 spiro atoms. The van der Waals surface area contributed by atoms with Crippen LogP contribution in [-0.4, -0.2) is 26.8 Å². The van der Waals surface area contributed by atoms with Crippen LogP contribution in [0.2, 0.25) is 0 Å². The number of anilines is 1. The van der Waals surface area contributed by atoms with Crippen LogP contribution in [0.3, 0.4) is 0 Å². The highest BCUT2D eigenvalue weighted by Gasteiger charge is 2.09. The van der Waals surface area contributed by atoms with Gasteiger partial charge in [0.05, 0.1) is 12.2 Å². The van der Waals surface area contributed by atoms with E-state index in [9.17, 15) is 4.79 Å². The average molecular weight is 337 g/mol. The summed E-state index contributed by atoms with van der Waals surface area (Å²) >= 11 is 0. The summed E-state index contributed by atoms with van der Waals surface area (Å²) in [4.78, 5) is 20.9. The van der Waals surface area contributed by atoms with Crippen molar-refractivity contribution in [2.45, 2.75) is 34.2 Å². The van der Waals surface area contributed by atoms with Gasteiger partial charge in [0.2, 0.25) is 5.78 Å². The number of fused-ring (bicyclic) bond motifs is 1. The fraction of sp³-hybridized carbons (Fsp3) is 0.316. The largest absolute Gasteiger partial charge is 0.379 e. The minimum absolute atomic E-state index is 0.0468. The van der Waals surface area contributed by atoms with Gasteiger partial charge >= 0.3 is 0 Å². The number of hydrogen-bond donors (Lipinski definition) is 2. The number of amides is 1. The molecule has 0 aliphatic heterocycles. The Kier molecular flexibility index (Phi) is 4.70. The molecule has 0 aliphatic carbocycles. The van der Waals surface area contributed by atoms with Gasteiger partial charge in [0.1, 0.15) is 0 Å². The average Bonchev–Trinajstić information content (AvgIpc) is 2.97. The lowest BCUT2D eigenvalue weighted by atomic mass is 10.1. The highest BCUT2D eigenvalue weighted by molar-refractivity contribution is 5.94. The van der Waals surface area contributed by atoms with Gasteiger partial charge in [-0.2, -0.15) is 0 Å². The van der Waals surface area contributed by atoms with Crippen LogP contribution in [-0.2, 0) is 6.54 Å². The van der Waals surface area contributed by atoms with E-state index >= 15 is 0 Å². The fourth-order valence-electron chi connectivity index (χ4n) is 2.86. The molecule has 130 valence electrons. The Bertz CT molecular complexity index is 929. The first-order chi connectivity index (χ1) is 12.0. The van der Waals surface area contributed by atoms with Crippen LogP contribution in [0.15, 0.2) is 30.5 Å². The molecule has 25 heavy (non-hydrogen) atoms. The van der Waals surface area contributed by atoms with E-state index in [2.05, 4.69) is 20.6 Å². The zero-order chi connectivity index (χ0) is 18.0. The lowest BCUT2D eigenvalue weighted by Gasteiger charge is -2.10. The van der Waals surface area contributed by atoms with Crippen molar-refractivity contribution in [2.75, 3.05) is 11.9 Å². The molecule has 0 radical (unpaired) electrons. The molecule has 0 saturated heterocycles. The van der Waals surface area contributed by atoms with Crippen LogP contribution in [0, 0.1) is 20.8 Å². The third-order valence-corrected chi connectivity index (χ3v) is 4.10. The molecule has 6 nitrogen and oxygen atoms in total. The lowest BCUT2D eigenvalue weighted by Crippen LogP contribution is -2.22. The maximum Gasteiger partial charge on any atom is 0.251 e. The molecular weight excluding hydrogens is 314 g/mol. The van der Waals surface area contributed by atoms with Crippen LogP contribution in [0.1, 0.15) is 39.9 Å². The summed E-state index contributed by atoms with van der Waals surface area (Å²) in [6, 6.07) is 7.70. The Morgan fingerprint density at radius 1 is 1.16 bits per heavy atom. The zero-order valence-electron chi connectivity index (χ0n) is 15.1. The molecule has 3 aromatic rings. The molecule has 0 unspecified atom stereocenters. The quantitative estimate of drug-likeness (QED) is 0.751. The Labute approximate surface area is 147 Å². The first-order valence-electron chi connectivity index (χ1n) is 8.43. The molecule has 1 aromatic carbocycles. The number of nitrogens with one attached hydrogen (secondary N) is 2. The van der Waals surface area contributed by atoms with E-state index in [1.165, 1.54) is 0 Å². The molecular formula is C19H23N5O. The number of aryl methyl sites for hydroxylation is 3. The monoisotopic (exact) mass is 337 g/mol. The molecule has 0 aliphatic rings. The number of carbonyl (C=O) groups excluding carboxylic acids is 1. The summed E-state index contributed by atoms with van der Waals surface area (Å²) in [7, 11) is 0. The SMILES string of the molecule is CCNC(=O)c1ccc(NCc2cn3c(C)cc(C)nc3n2)c(C)c1. The smallest absolute Gasteiger partial charge is 0.251 e. The Morgan fingerprint density at radius 3 is 2.68 bits per heavy atom. The molecule has 2 N–H and O–H groups in total. The molecule has 0 saturated carbocycles. The number of imidazole rings is 1. The van der Waals surface area contributed by atoms with Gasteiger partial charge in [0.25, 0.3) is 5.91 Å². The second kappa shape index (κ2) is 6.93.